The molecular weight excluding hydrogens is 200 g/mol. The second-order valence-corrected chi connectivity index (χ2v) is 4.22. The van der Waals surface area contributed by atoms with Gasteiger partial charge >= 0.3 is 0 Å². The number of aromatic nitrogens is 2. The molecule has 82 valence electrons. The first kappa shape index (κ1) is 10.7. The first-order valence-electron chi connectivity index (χ1n) is 5.74. The quantitative estimate of drug-likeness (QED) is 0.674. The van der Waals surface area contributed by atoms with E-state index in [1.165, 1.54) is 25.7 Å². The Morgan fingerprint density at radius 1 is 1.12 bits per heavy atom. The van der Waals surface area contributed by atoms with Crippen LogP contribution in [0.15, 0.2) is 6.33 Å². The van der Waals surface area contributed by atoms with Gasteiger partial charge in [0, 0.05) is 6.04 Å². The molecule has 0 amide bonds. The molecule has 0 saturated heterocycles. The van der Waals surface area contributed by atoms with Crippen LogP contribution in [0.1, 0.15) is 56.0 Å². The zero-order valence-corrected chi connectivity index (χ0v) is 9.19. The summed E-state index contributed by atoms with van der Waals surface area (Å²) in [5, 5.41) is 17.9. The van der Waals surface area contributed by atoms with Crippen molar-refractivity contribution in [2.75, 3.05) is 0 Å². The maximum absolute atomic E-state index is 9.06. The minimum absolute atomic E-state index is 0.256. The molecule has 1 aromatic heterocycles. The van der Waals surface area contributed by atoms with Gasteiger partial charge in [-0.2, -0.15) is 10.5 Å². The molecule has 0 aliphatic heterocycles. The molecule has 1 saturated carbocycles. The Labute approximate surface area is 95.1 Å². The molecule has 0 unspecified atom stereocenters. The van der Waals surface area contributed by atoms with Crippen LogP contribution >= 0.6 is 0 Å². The van der Waals surface area contributed by atoms with Crippen LogP contribution in [-0.2, 0) is 0 Å². The lowest BCUT2D eigenvalue weighted by Gasteiger charge is -2.16. The number of hydrogen-bond donors (Lipinski definition) is 0. The molecule has 0 radical (unpaired) electrons. The van der Waals surface area contributed by atoms with E-state index >= 15 is 0 Å². The lowest BCUT2D eigenvalue weighted by atomic mass is 10.1. The summed E-state index contributed by atoms with van der Waals surface area (Å²) in [6.45, 7) is 0. The lowest BCUT2D eigenvalue weighted by Crippen LogP contribution is -2.09. The Morgan fingerprint density at radius 3 is 2.38 bits per heavy atom. The number of rotatable bonds is 1. The van der Waals surface area contributed by atoms with Crippen molar-refractivity contribution in [3.8, 4) is 12.1 Å². The smallest absolute Gasteiger partial charge is 0.176 e. The molecule has 1 fully saturated rings. The van der Waals surface area contributed by atoms with Crippen molar-refractivity contribution < 1.29 is 0 Å². The van der Waals surface area contributed by atoms with E-state index in [1.54, 1.807) is 6.33 Å². The van der Waals surface area contributed by atoms with Crippen LogP contribution in [0.2, 0.25) is 0 Å². The van der Waals surface area contributed by atoms with Gasteiger partial charge in [-0.3, -0.25) is 0 Å². The molecule has 16 heavy (non-hydrogen) atoms. The molecule has 0 spiro atoms. The van der Waals surface area contributed by atoms with Gasteiger partial charge in [-0.15, -0.1) is 0 Å². The van der Waals surface area contributed by atoms with E-state index in [-0.39, 0.29) is 5.69 Å². The summed E-state index contributed by atoms with van der Waals surface area (Å²) in [5.41, 5.74) is 0.682. The highest BCUT2D eigenvalue weighted by Gasteiger charge is 2.19. The van der Waals surface area contributed by atoms with Crippen LogP contribution in [0.4, 0.5) is 0 Å². The first-order valence-corrected chi connectivity index (χ1v) is 5.74. The zero-order chi connectivity index (χ0) is 11.4. The van der Waals surface area contributed by atoms with Crippen LogP contribution < -0.4 is 0 Å². The maximum atomic E-state index is 9.06. The summed E-state index contributed by atoms with van der Waals surface area (Å²) < 4.78 is 1.89. The SMILES string of the molecule is N#Cc1ncn(C2CCCCCC2)c1C#N. The molecule has 1 aromatic rings. The molecule has 0 N–H and O–H groups in total. The number of nitrogens with zero attached hydrogens (tertiary/aromatic N) is 4. The largest absolute Gasteiger partial charge is 0.318 e. The van der Waals surface area contributed by atoms with Crippen LogP contribution in [0, 0.1) is 22.7 Å². The van der Waals surface area contributed by atoms with Gasteiger partial charge in [-0.1, -0.05) is 25.7 Å². The van der Waals surface area contributed by atoms with Crippen molar-refractivity contribution in [3.63, 3.8) is 0 Å². The summed E-state index contributed by atoms with van der Waals surface area (Å²) in [7, 11) is 0. The van der Waals surface area contributed by atoms with Gasteiger partial charge in [0.2, 0.25) is 0 Å². The fourth-order valence-corrected chi connectivity index (χ4v) is 2.37. The fourth-order valence-electron chi connectivity index (χ4n) is 2.37. The van der Waals surface area contributed by atoms with Crippen molar-refractivity contribution in [2.24, 2.45) is 0 Å². The summed E-state index contributed by atoms with van der Waals surface area (Å²) in [4.78, 5) is 3.99. The molecule has 1 aliphatic rings. The molecule has 0 bridgehead atoms. The Morgan fingerprint density at radius 2 is 1.81 bits per heavy atom. The lowest BCUT2D eigenvalue weighted by molar-refractivity contribution is 0.440. The van der Waals surface area contributed by atoms with Crippen molar-refractivity contribution in [3.05, 3.63) is 17.7 Å². The van der Waals surface area contributed by atoms with E-state index in [1.807, 2.05) is 10.6 Å². The highest BCUT2D eigenvalue weighted by molar-refractivity contribution is 5.36. The Kier molecular flexibility index (Phi) is 3.22. The van der Waals surface area contributed by atoms with Gasteiger partial charge < -0.3 is 4.57 Å². The topological polar surface area (TPSA) is 65.4 Å². The number of hydrogen-bond acceptors (Lipinski definition) is 3. The molecular formula is C12H14N4. The van der Waals surface area contributed by atoms with E-state index in [9.17, 15) is 0 Å². The maximum Gasteiger partial charge on any atom is 0.176 e. The zero-order valence-electron chi connectivity index (χ0n) is 9.19. The molecule has 1 heterocycles. The Balaban J connectivity index is 2.29. The molecule has 0 aromatic carbocycles. The highest BCUT2D eigenvalue weighted by Crippen LogP contribution is 2.28. The standard InChI is InChI=1S/C12H14N4/c13-7-11-12(8-14)16(9-15-11)10-5-3-1-2-4-6-10/h9-10H,1-6H2. The van der Waals surface area contributed by atoms with Crippen molar-refractivity contribution >= 4 is 0 Å². The monoisotopic (exact) mass is 214 g/mol. The van der Waals surface area contributed by atoms with Crippen LogP contribution in [0.3, 0.4) is 0 Å². The molecule has 1 aliphatic carbocycles. The van der Waals surface area contributed by atoms with Gasteiger partial charge in [-0.05, 0) is 12.8 Å². The third kappa shape index (κ3) is 1.92. The average Bonchev–Trinajstić information content (AvgIpc) is 2.54. The molecule has 4 heteroatoms. The van der Waals surface area contributed by atoms with Crippen molar-refractivity contribution in [1.29, 1.82) is 10.5 Å². The van der Waals surface area contributed by atoms with Crippen molar-refractivity contribution in [1.82, 2.24) is 9.55 Å². The third-order valence-electron chi connectivity index (χ3n) is 3.22. The van der Waals surface area contributed by atoms with Gasteiger partial charge in [0.15, 0.2) is 11.4 Å². The van der Waals surface area contributed by atoms with Crippen molar-refractivity contribution in [2.45, 2.75) is 44.6 Å². The van der Waals surface area contributed by atoms with E-state index in [2.05, 4.69) is 11.1 Å². The average molecular weight is 214 g/mol. The van der Waals surface area contributed by atoms with Gasteiger partial charge in [0.25, 0.3) is 0 Å². The second kappa shape index (κ2) is 4.81. The molecule has 0 atom stereocenters. The predicted octanol–water partition coefficient (Wildman–Crippen LogP) is 2.52. The number of nitriles is 2. The van der Waals surface area contributed by atoms with Crippen LogP contribution in [0.25, 0.3) is 0 Å². The summed E-state index contributed by atoms with van der Waals surface area (Å²) >= 11 is 0. The van der Waals surface area contributed by atoms with Crippen LogP contribution in [0.5, 0.6) is 0 Å². The van der Waals surface area contributed by atoms with E-state index in [4.69, 9.17) is 10.5 Å². The first-order chi connectivity index (χ1) is 7.86. The predicted molar refractivity (Wildman–Crippen MR) is 58.4 cm³/mol. The second-order valence-electron chi connectivity index (χ2n) is 4.22. The summed E-state index contributed by atoms with van der Waals surface area (Å²) in [6.07, 6.45) is 8.79. The Hall–Kier alpha value is -1.81. The normalized spacial score (nSPS) is 17.4. The summed E-state index contributed by atoms with van der Waals surface area (Å²) in [5.74, 6) is 0. The minimum atomic E-state index is 0.256. The number of imidazole rings is 1. The van der Waals surface area contributed by atoms with Gasteiger partial charge in [0.1, 0.15) is 12.1 Å². The third-order valence-corrected chi connectivity index (χ3v) is 3.22. The molecule has 2 rings (SSSR count). The highest BCUT2D eigenvalue weighted by atomic mass is 15.1. The van der Waals surface area contributed by atoms with Crippen LogP contribution in [-0.4, -0.2) is 9.55 Å². The van der Waals surface area contributed by atoms with E-state index in [0.717, 1.165) is 12.8 Å². The molecule has 4 nitrogen and oxygen atoms in total. The Bertz CT molecular complexity index is 439. The fraction of sp³-hybridized carbons (Fsp3) is 0.583. The van der Waals surface area contributed by atoms with Gasteiger partial charge in [0.05, 0.1) is 6.33 Å². The summed E-state index contributed by atoms with van der Waals surface area (Å²) in [6, 6.07) is 4.41. The van der Waals surface area contributed by atoms with E-state index < -0.39 is 0 Å². The van der Waals surface area contributed by atoms with Gasteiger partial charge in [-0.25, -0.2) is 4.98 Å². The minimum Gasteiger partial charge on any atom is -0.318 e. The van der Waals surface area contributed by atoms with E-state index in [0.29, 0.717) is 11.7 Å².